The van der Waals surface area contributed by atoms with Gasteiger partial charge in [-0.1, -0.05) is 18.6 Å². The molecule has 0 radical (unpaired) electrons. The average Bonchev–Trinajstić information content (AvgIpc) is 2.48. The fourth-order valence-corrected chi connectivity index (χ4v) is 3.66. The summed E-state index contributed by atoms with van der Waals surface area (Å²) in [5.41, 5.74) is 8.37. The maximum Gasteiger partial charge on any atom is 0.256 e. The van der Waals surface area contributed by atoms with Crippen molar-refractivity contribution in [3.05, 3.63) is 29.3 Å². The summed E-state index contributed by atoms with van der Waals surface area (Å²) in [4.78, 5) is 17.5. The minimum Gasteiger partial charge on any atom is -0.398 e. The summed E-state index contributed by atoms with van der Waals surface area (Å²) < 4.78 is 0. The molecular weight excluding hydrogens is 262 g/mol. The number of hydrogen-bond acceptors (Lipinski definition) is 3. The van der Waals surface area contributed by atoms with E-state index in [1.165, 1.54) is 25.8 Å². The largest absolute Gasteiger partial charge is 0.398 e. The third kappa shape index (κ3) is 2.64. The van der Waals surface area contributed by atoms with E-state index in [1.54, 1.807) is 0 Å². The molecule has 2 aliphatic heterocycles. The highest BCUT2D eigenvalue weighted by Crippen LogP contribution is 2.27. The van der Waals surface area contributed by atoms with Gasteiger partial charge < -0.3 is 10.6 Å². The molecule has 2 fully saturated rings. The predicted molar refractivity (Wildman–Crippen MR) is 85.3 cm³/mol. The number of nitrogens with zero attached hydrogens (tertiary/aromatic N) is 2. The van der Waals surface area contributed by atoms with E-state index in [9.17, 15) is 4.79 Å². The summed E-state index contributed by atoms with van der Waals surface area (Å²) >= 11 is 0. The van der Waals surface area contributed by atoms with Crippen LogP contribution in [0.1, 0.15) is 42.1 Å². The molecule has 2 unspecified atom stereocenters. The van der Waals surface area contributed by atoms with Gasteiger partial charge in [-0.25, -0.2) is 0 Å². The standard InChI is InChI=1S/C17H25N3O/c1-12-6-5-8-15(16(12)18)17(21)20-11-14-7-3-4-9-19(14)10-13(20)2/h5-6,8,13-14H,3-4,7,9-11,18H2,1-2H3. The number of hydrogen-bond donors (Lipinski definition) is 1. The summed E-state index contributed by atoms with van der Waals surface area (Å²) in [6.07, 6.45) is 3.78. The van der Waals surface area contributed by atoms with Gasteiger partial charge in [0.25, 0.3) is 5.91 Å². The van der Waals surface area contributed by atoms with Crippen LogP contribution >= 0.6 is 0 Å². The van der Waals surface area contributed by atoms with Crippen LogP contribution in [0.5, 0.6) is 0 Å². The topological polar surface area (TPSA) is 49.6 Å². The Hall–Kier alpha value is -1.55. The molecule has 21 heavy (non-hydrogen) atoms. The van der Waals surface area contributed by atoms with Crippen LogP contribution in [-0.4, -0.2) is 47.4 Å². The quantitative estimate of drug-likeness (QED) is 0.806. The molecule has 0 aromatic heterocycles. The Morgan fingerprint density at radius 1 is 1.29 bits per heavy atom. The lowest BCUT2D eigenvalue weighted by Gasteiger charge is -2.47. The number of piperidine rings is 1. The van der Waals surface area contributed by atoms with Gasteiger partial charge in [-0.05, 0) is 44.9 Å². The second-order valence-electron chi connectivity index (χ2n) is 6.49. The molecule has 4 heteroatoms. The van der Waals surface area contributed by atoms with Crippen molar-refractivity contribution in [3.8, 4) is 0 Å². The van der Waals surface area contributed by atoms with Crippen LogP contribution in [0.3, 0.4) is 0 Å². The minimum atomic E-state index is 0.0916. The third-order valence-electron chi connectivity index (χ3n) is 5.00. The van der Waals surface area contributed by atoms with Crippen molar-refractivity contribution in [3.63, 3.8) is 0 Å². The normalized spacial score (nSPS) is 26.5. The molecule has 0 aliphatic carbocycles. The molecule has 4 nitrogen and oxygen atoms in total. The third-order valence-corrected chi connectivity index (χ3v) is 5.00. The second-order valence-corrected chi connectivity index (χ2v) is 6.49. The van der Waals surface area contributed by atoms with Crippen molar-refractivity contribution in [2.45, 2.75) is 45.2 Å². The number of benzene rings is 1. The summed E-state index contributed by atoms with van der Waals surface area (Å²) in [5, 5.41) is 0. The molecule has 2 atom stereocenters. The van der Waals surface area contributed by atoms with Crippen LogP contribution in [-0.2, 0) is 0 Å². The van der Waals surface area contributed by atoms with Crippen LogP contribution in [0.15, 0.2) is 18.2 Å². The zero-order chi connectivity index (χ0) is 15.0. The van der Waals surface area contributed by atoms with E-state index in [0.717, 1.165) is 18.7 Å². The van der Waals surface area contributed by atoms with E-state index in [1.807, 2.05) is 30.0 Å². The lowest BCUT2D eigenvalue weighted by atomic mass is 9.96. The molecule has 1 aromatic rings. The SMILES string of the molecule is Cc1cccc(C(=O)N2CC3CCCCN3CC2C)c1N. The van der Waals surface area contributed by atoms with Gasteiger partial charge in [-0.2, -0.15) is 0 Å². The number of carbonyl (C=O) groups excluding carboxylic acids is 1. The van der Waals surface area contributed by atoms with Gasteiger partial charge in [-0.15, -0.1) is 0 Å². The van der Waals surface area contributed by atoms with Gasteiger partial charge in [0.15, 0.2) is 0 Å². The summed E-state index contributed by atoms with van der Waals surface area (Å²) in [5.74, 6) is 0.0916. The summed E-state index contributed by atoms with van der Waals surface area (Å²) in [6, 6.07) is 6.51. The lowest BCUT2D eigenvalue weighted by molar-refractivity contribution is 0.0152. The molecule has 2 heterocycles. The molecule has 2 N–H and O–H groups in total. The molecule has 2 aliphatic rings. The molecule has 0 saturated carbocycles. The highest BCUT2D eigenvalue weighted by atomic mass is 16.2. The second kappa shape index (κ2) is 5.68. The van der Waals surface area contributed by atoms with Crippen LogP contribution in [0.25, 0.3) is 0 Å². The first-order chi connectivity index (χ1) is 10.1. The smallest absolute Gasteiger partial charge is 0.256 e. The van der Waals surface area contributed by atoms with Crippen molar-refractivity contribution < 1.29 is 4.79 Å². The maximum absolute atomic E-state index is 12.9. The molecule has 2 saturated heterocycles. The molecule has 1 aromatic carbocycles. The van der Waals surface area contributed by atoms with Gasteiger partial charge in [0.05, 0.1) is 5.56 Å². The zero-order valence-electron chi connectivity index (χ0n) is 13.0. The van der Waals surface area contributed by atoms with Gasteiger partial charge in [-0.3, -0.25) is 9.69 Å². The molecule has 114 valence electrons. The van der Waals surface area contributed by atoms with Crippen molar-refractivity contribution in [2.75, 3.05) is 25.4 Å². The molecular formula is C17H25N3O. The number of aryl methyl sites for hydroxylation is 1. The Kier molecular flexibility index (Phi) is 3.89. The Balaban J connectivity index is 1.82. The lowest BCUT2D eigenvalue weighted by Crippen LogP contribution is -2.60. The Morgan fingerprint density at radius 3 is 2.90 bits per heavy atom. The first-order valence-corrected chi connectivity index (χ1v) is 7.98. The summed E-state index contributed by atoms with van der Waals surface area (Å²) in [6.45, 7) is 7.11. The average molecular weight is 287 g/mol. The van der Waals surface area contributed by atoms with E-state index in [-0.39, 0.29) is 11.9 Å². The predicted octanol–water partition coefficient (Wildman–Crippen LogP) is 2.28. The molecule has 3 rings (SSSR count). The number of rotatable bonds is 1. The molecule has 1 amide bonds. The number of para-hydroxylation sites is 1. The van der Waals surface area contributed by atoms with E-state index in [4.69, 9.17) is 5.73 Å². The number of anilines is 1. The van der Waals surface area contributed by atoms with Gasteiger partial charge >= 0.3 is 0 Å². The van der Waals surface area contributed by atoms with Gasteiger partial charge in [0.2, 0.25) is 0 Å². The fraction of sp³-hybridized carbons (Fsp3) is 0.588. The maximum atomic E-state index is 12.9. The highest BCUT2D eigenvalue weighted by molar-refractivity contribution is 6.00. The van der Waals surface area contributed by atoms with Crippen molar-refractivity contribution >= 4 is 11.6 Å². The number of carbonyl (C=O) groups is 1. The summed E-state index contributed by atoms with van der Waals surface area (Å²) in [7, 11) is 0. The van der Waals surface area contributed by atoms with E-state index < -0.39 is 0 Å². The highest BCUT2D eigenvalue weighted by Gasteiger charge is 2.35. The first kappa shape index (κ1) is 14.4. The van der Waals surface area contributed by atoms with Crippen LogP contribution in [0.2, 0.25) is 0 Å². The molecule has 0 spiro atoms. The Labute approximate surface area is 126 Å². The molecule has 0 bridgehead atoms. The first-order valence-electron chi connectivity index (χ1n) is 7.98. The monoisotopic (exact) mass is 287 g/mol. The Morgan fingerprint density at radius 2 is 2.10 bits per heavy atom. The van der Waals surface area contributed by atoms with Crippen molar-refractivity contribution in [1.29, 1.82) is 0 Å². The van der Waals surface area contributed by atoms with Crippen LogP contribution in [0.4, 0.5) is 5.69 Å². The Bertz CT molecular complexity index is 543. The number of nitrogens with two attached hydrogens (primary N) is 1. The van der Waals surface area contributed by atoms with E-state index >= 15 is 0 Å². The van der Waals surface area contributed by atoms with Crippen LogP contribution < -0.4 is 5.73 Å². The van der Waals surface area contributed by atoms with Crippen LogP contribution in [0, 0.1) is 6.92 Å². The van der Waals surface area contributed by atoms with Crippen molar-refractivity contribution in [2.24, 2.45) is 0 Å². The van der Waals surface area contributed by atoms with E-state index in [2.05, 4.69) is 11.8 Å². The number of amides is 1. The number of nitrogen functional groups attached to an aromatic ring is 1. The van der Waals surface area contributed by atoms with Gasteiger partial charge in [0.1, 0.15) is 0 Å². The minimum absolute atomic E-state index is 0.0916. The number of fused-ring (bicyclic) bond motifs is 1. The van der Waals surface area contributed by atoms with E-state index in [0.29, 0.717) is 17.3 Å². The van der Waals surface area contributed by atoms with Crippen molar-refractivity contribution in [1.82, 2.24) is 9.80 Å². The van der Waals surface area contributed by atoms with Gasteiger partial charge in [0, 0.05) is 30.9 Å². The number of piperazine rings is 1. The zero-order valence-corrected chi connectivity index (χ0v) is 13.0. The fourth-order valence-electron chi connectivity index (χ4n) is 3.66.